The number of nitrogens with two attached hydrogens (primary N) is 1. The lowest BCUT2D eigenvalue weighted by molar-refractivity contribution is -0.128. The van der Waals surface area contributed by atoms with E-state index in [1.807, 2.05) is 0 Å². The van der Waals surface area contributed by atoms with E-state index in [4.69, 9.17) is 11.0 Å². The number of carbonyl (C=O) groups excluding carboxylic acids is 1. The number of anilines is 1. The Balaban J connectivity index is 3.04. The van der Waals surface area contributed by atoms with Crippen LogP contribution in [0.1, 0.15) is 19.4 Å². The van der Waals surface area contributed by atoms with Crippen molar-refractivity contribution in [2.24, 2.45) is 5.41 Å². The summed E-state index contributed by atoms with van der Waals surface area (Å²) in [6.45, 7) is 3.13. The summed E-state index contributed by atoms with van der Waals surface area (Å²) in [6, 6.07) is 5.75. The lowest BCUT2D eigenvalue weighted by Gasteiger charge is -2.22. The fourth-order valence-electron chi connectivity index (χ4n) is 1.64. The lowest BCUT2D eigenvalue weighted by atomic mass is 9.93. The second-order valence-corrected chi connectivity index (χ2v) is 6.89. The van der Waals surface area contributed by atoms with E-state index in [1.165, 1.54) is 25.2 Å². The number of nitrogens with one attached hydrogen (secondary N) is 2. The number of nitriles is 1. The van der Waals surface area contributed by atoms with Crippen LogP contribution in [0.5, 0.6) is 0 Å². The molecule has 1 aromatic rings. The van der Waals surface area contributed by atoms with E-state index in [0.717, 1.165) is 0 Å². The average molecular weight is 310 g/mol. The number of sulfonamides is 1. The molecule has 0 heterocycles. The molecule has 21 heavy (non-hydrogen) atoms. The predicted molar refractivity (Wildman–Crippen MR) is 78.6 cm³/mol. The van der Waals surface area contributed by atoms with Gasteiger partial charge in [-0.15, -0.1) is 0 Å². The van der Waals surface area contributed by atoms with Crippen molar-refractivity contribution in [2.45, 2.75) is 18.7 Å². The highest BCUT2D eigenvalue weighted by Gasteiger charge is 2.29. The van der Waals surface area contributed by atoms with Crippen molar-refractivity contribution in [1.82, 2.24) is 10.0 Å². The Kier molecular flexibility index (Phi) is 4.93. The Morgan fingerprint density at radius 1 is 1.43 bits per heavy atom. The molecule has 0 aromatic heterocycles. The lowest BCUT2D eigenvalue weighted by Crippen LogP contribution is -2.43. The smallest absolute Gasteiger partial charge is 0.241 e. The average Bonchev–Trinajstić information content (AvgIpc) is 2.44. The summed E-state index contributed by atoms with van der Waals surface area (Å²) in [5, 5.41) is 11.5. The Morgan fingerprint density at radius 3 is 2.57 bits per heavy atom. The third-order valence-corrected chi connectivity index (χ3v) is 4.42. The van der Waals surface area contributed by atoms with Gasteiger partial charge in [-0.05, 0) is 32.0 Å². The molecule has 0 radical (unpaired) electrons. The third kappa shape index (κ3) is 3.93. The zero-order chi connectivity index (χ0) is 16.3. The summed E-state index contributed by atoms with van der Waals surface area (Å²) in [5.74, 6) is -0.289. The van der Waals surface area contributed by atoms with Crippen LogP contribution >= 0.6 is 0 Å². The minimum atomic E-state index is -3.90. The maximum Gasteiger partial charge on any atom is 0.241 e. The van der Waals surface area contributed by atoms with Crippen molar-refractivity contribution < 1.29 is 13.2 Å². The van der Waals surface area contributed by atoms with Crippen LogP contribution in [-0.2, 0) is 14.8 Å². The largest absolute Gasteiger partial charge is 0.399 e. The number of carbonyl (C=O) groups is 1. The van der Waals surface area contributed by atoms with Crippen LogP contribution in [0.3, 0.4) is 0 Å². The van der Waals surface area contributed by atoms with Crippen molar-refractivity contribution in [1.29, 1.82) is 5.26 Å². The van der Waals surface area contributed by atoms with Gasteiger partial charge < -0.3 is 11.1 Å². The number of hydrogen-bond acceptors (Lipinski definition) is 5. The molecule has 0 aliphatic heterocycles. The van der Waals surface area contributed by atoms with Gasteiger partial charge in [0.25, 0.3) is 0 Å². The van der Waals surface area contributed by atoms with Gasteiger partial charge in [0.05, 0.1) is 15.9 Å². The van der Waals surface area contributed by atoms with E-state index in [1.54, 1.807) is 19.9 Å². The molecular weight excluding hydrogens is 292 g/mol. The molecule has 0 fully saturated rings. The zero-order valence-corrected chi connectivity index (χ0v) is 12.9. The second kappa shape index (κ2) is 6.11. The molecule has 0 atom stereocenters. The Morgan fingerprint density at radius 2 is 2.05 bits per heavy atom. The molecule has 0 saturated carbocycles. The first-order chi connectivity index (χ1) is 9.64. The summed E-state index contributed by atoms with van der Waals surface area (Å²) in [6.07, 6.45) is 0. The molecule has 0 saturated heterocycles. The topological polar surface area (TPSA) is 125 Å². The van der Waals surface area contributed by atoms with Crippen LogP contribution in [0.25, 0.3) is 0 Å². The summed E-state index contributed by atoms with van der Waals surface area (Å²) in [7, 11) is -2.42. The first-order valence-corrected chi connectivity index (χ1v) is 7.64. The maximum atomic E-state index is 12.2. The fourth-order valence-corrected chi connectivity index (χ4v) is 2.99. The highest BCUT2D eigenvalue weighted by Crippen LogP contribution is 2.20. The fraction of sp³-hybridized carbons (Fsp3) is 0.385. The van der Waals surface area contributed by atoms with E-state index in [2.05, 4.69) is 10.0 Å². The van der Waals surface area contributed by atoms with Gasteiger partial charge in [0.15, 0.2) is 0 Å². The highest BCUT2D eigenvalue weighted by atomic mass is 32.2. The molecule has 8 heteroatoms. The van der Waals surface area contributed by atoms with Gasteiger partial charge in [-0.2, -0.15) is 5.26 Å². The Labute approximate surface area is 124 Å². The monoisotopic (exact) mass is 310 g/mol. The first-order valence-electron chi connectivity index (χ1n) is 6.15. The number of amides is 1. The summed E-state index contributed by atoms with van der Waals surface area (Å²) < 4.78 is 26.8. The summed E-state index contributed by atoms with van der Waals surface area (Å²) in [5.41, 5.74) is 4.87. The van der Waals surface area contributed by atoms with Crippen LogP contribution in [0, 0.1) is 16.7 Å². The van der Waals surface area contributed by atoms with Gasteiger partial charge in [0, 0.05) is 19.3 Å². The molecule has 114 valence electrons. The molecule has 1 aromatic carbocycles. The minimum absolute atomic E-state index is 0.0414. The van der Waals surface area contributed by atoms with Gasteiger partial charge in [-0.25, -0.2) is 13.1 Å². The molecule has 0 spiro atoms. The number of hydrogen-bond donors (Lipinski definition) is 3. The third-order valence-electron chi connectivity index (χ3n) is 2.96. The SMILES string of the molecule is CNC(=O)C(C)(C)CNS(=O)(=O)c1ccc(N)cc1C#N. The Bertz CT molecular complexity index is 690. The van der Waals surface area contributed by atoms with Gasteiger partial charge >= 0.3 is 0 Å². The van der Waals surface area contributed by atoms with Gasteiger partial charge in [0.2, 0.25) is 15.9 Å². The number of rotatable bonds is 5. The standard InChI is InChI=1S/C13H18N4O3S/c1-13(2,12(18)16-3)8-17-21(19,20)11-5-4-10(15)6-9(11)7-14/h4-6,17H,8,15H2,1-3H3,(H,16,18). The molecule has 1 rings (SSSR count). The molecule has 0 aliphatic rings. The molecule has 0 bridgehead atoms. The Hall–Kier alpha value is -2.11. The van der Waals surface area contributed by atoms with E-state index in [0.29, 0.717) is 5.69 Å². The van der Waals surface area contributed by atoms with Gasteiger partial charge in [0.1, 0.15) is 6.07 Å². The summed E-state index contributed by atoms with van der Waals surface area (Å²) in [4.78, 5) is 11.5. The predicted octanol–water partition coefficient (Wildman–Crippen LogP) is 0.191. The molecule has 0 aliphatic carbocycles. The van der Waals surface area contributed by atoms with Crippen LogP contribution in [0.2, 0.25) is 0 Å². The van der Waals surface area contributed by atoms with Crippen LogP contribution in [-0.4, -0.2) is 27.9 Å². The van der Waals surface area contributed by atoms with E-state index >= 15 is 0 Å². The van der Waals surface area contributed by atoms with Crippen molar-refractivity contribution in [2.75, 3.05) is 19.3 Å². The van der Waals surface area contributed by atoms with Gasteiger partial charge in [-0.1, -0.05) is 0 Å². The molecule has 7 nitrogen and oxygen atoms in total. The van der Waals surface area contributed by atoms with Crippen molar-refractivity contribution in [3.63, 3.8) is 0 Å². The quantitative estimate of drug-likeness (QED) is 0.669. The molecule has 4 N–H and O–H groups in total. The zero-order valence-electron chi connectivity index (χ0n) is 12.1. The minimum Gasteiger partial charge on any atom is -0.399 e. The van der Waals surface area contributed by atoms with E-state index < -0.39 is 15.4 Å². The number of nitrogens with zero attached hydrogens (tertiary/aromatic N) is 1. The van der Waals surface area contributed by atoms with Crippen molar-refractivity contribution >= 4 is 21.6 Å². The highest BCUT2D eigenvalue weighted by molar-refractivity contribution is 7.89. The first kappa shape index (κ1) is 16.9. The molecular formula is C13H18N4O3S. The van der Waals surface area contributed by atoms with Gasteiger partial charge in [-0.3, -0.25) is 4.79 Å². The van der Waals surface area contributed by atoms with E-state index in [9.17, 15) is 13.2 Å². The number of nitrogen functional groups attached to an aromatic ring is 1. The van der Waals surface area contributed by atoms with Crippen LogP contribution in [0.15, 0.2) is 23.1 Å². The van der Waals surface area contributed by atoms with Crippen LogP contribution in [0.4, 0.5) is 5.69 Å². The number of benzene rings is 1. The van der Waals surface area contributed by atoms with Crippen LogP contribution < -0.4 is 15.8 Å². The van der Waals surface area contributed by atoms with Crippen molar-refractivity contribution in [3.8, 4) is 6.07 Å². The van der Waals surface area contributed by atoms with E-state index in [-0.39, 0.29) is 22.9 Å². The second-order valence-electron chi connectivity index (χ2n) is 5.15. The maximum absolute atomic E-state index is 12.2. The normalized spacial score (nSPS) is 11.7. The van der Waals surface area contributed by atoms with Crippen molar-refractivity contribution in [3.05, 3.63) is 23.8 Å². The molecule has 0 unspecified atom stereocenters. The molecule has 1 amide bonds. The summed E-state index contributed by atoms with van der Waals surface area (Å²) >= 11 is 0.